The summed E-state index contributed by atoms with van der Waals surface area (Å²) in [7, 11) is 0. The van der Waals surface area contributed by atoms with Gasteiger partial charge < -0.3 is 16.2 Å². The molecule has 0 spiro atoms. The van der Waals surface area contributed by atoms with Gasteiger partial charge in [0.15, 0.2) is 0 Å². The van der Waals surface area contributed by atoms with E-state index in [1.165, 1.54) is 0 Å². The highest BCUT2D eigenvalue weighted by molar-refractivity contribution is 6.31. The second-order valence-corrected chi connectivity index (χ2v) is 5.93. The van der Waals surface area contributed by atoms with Crippen molar-refractivity contribution < 1.29 is 14.7 Å². The maximum absolute atomic E-state index is 11.4. The lowest BCUT2D eigenvalue weighted by atomic mass is 9.82. The summed E-state index contributed by atoms with van der Waals surface area (Å²) >= 11 is 5.86. The number of anilines is 1. The average Bonchev–Trinajstić information content (AvgIpc) is 2.46. The number of carboxylic acid groups (broad SMARTS) is 1. The second kappa shape index (κ2) is 6.80. The smallest absolute Gasteiger partial charge is 0.306 e. The number of benzene rings is 1. The average molecular weight is 311 g/mol. The molecule has 1 fully saturated rings. The van der Waals surface area contributed by atoms with E-state index in [2.05, 4.69) is 5.32 Å². The zero-order valence-corrected chi connectivity index (χ0v) is 12.4. The topological polar surface area (TPSA) is 92.4 Å². The van der Waals surface area contributed by atoms with Gasteiger partial charge in [-0.3, -0.25) is 9.59 Å². The Labute approximate surface area is 128 Å². The summed E-state index contributed by atoms with van der Waals surface area (Å²) in [6.07, 6.45) is 3.18. The lowest BCUT2D eigenvalue weighted by Crippen LogP contribution is -2.25. The van der Waals surface area contributed by atoms with E-state index in [1.807, 2.05) is 0 Å². The number of carbonyl (C=O) groups excluding carboxylic acids is 1. The molecule has 1 saturated carbocycles. The Morgan fingerprint density at radius 1 is 1.29 bits per heavy atom. The minimum Gasteiger partial charge on any atom is -0.481 e. The number of aliphatic carboxylic acids is 1. The van der Waals surface area contributed by atoms with Gasteiger partial charge in [-0.1, -0.05) is 11.6 Å². The van der Waals surface area contributed by atoms with Crippen LogP contribution in [0.1, 0.15) is 36.0 Å². The third-order valence-corrected chi connectivity index (χ3v) is 4.26. The first-order valence-electron chi connectivity index (χ1n) is 7.03. The molecular formula is C15H19ClN2O3. The van der Waals surface area contributed by atoms with Crippen LogP contribution in [0.2, 0.25) is 5.02 Å². The molecular weight excluding hydrogens is 292 g/mol. The Hall–Kier alpha value is -1.75. The fourth-order valence-electron chi connectivity index (χ4n) is 2.74. The van der Waals surface area contributed by atoms with Gasteiger partial charge in [0.25, 0.3) is 5.91 Å². The zero-order chi connectivity index (χ0) is 15.4. The molecule has 0 heterocycles. The van der Waals surface area contributed by atoms with Crippen LogP contribution in [0.25, 0.3) is 0 Å². The lowest BCUT2D eigenvalue weighted by Gasteiger charge is -2.26. The van der Waals surface area contributed by atoms with Gasteiger partial charge in [-0.25, -0.2) is 0 Å². The zero-order valence-electron chi connectivity index (χ0n) is 11.6. The van der Waals surface area contributed by atoms with Gasteiger partial charge in [0.2, 0.25) is 0 Å². The third-order valence-electron chi connectivity index (χ3n) is 4.02. The first-order valence-corrected chi connectivity index (χ1v) is 7.41. The maximum atomic E-state index is 11.4. The van der Waals surface area contributed by atoms with E-state index in [4.69, 9.17) is 22.4 Å². The van der Waals surface area contributed by atoms with E-state index >= 15 is 0 Å². The molecule has 1 aliphatic rings. The summed E-state index contributed by atoms with van der Waals surface area (Å²) in [5, 5.41) is 12.7. The molecule has 0 atom stereocenters. The fourth-order valence-corrected chi connectivity index (χ4v) is 2.91. The van der Waals surface area contributed by atoms with Crippen LogP contribution >= 0.6 is 11.6 Å². The van der Waals surface area contributed by atoms with E-state index in [0.29, 0.717) is 41.6 Å². The van der Waals surface area contributed by atoms with Crippen LogP contribution < -0.4 is 11.1 Å². The molecule has 1 aromatic carbocycles. The molecule has 0 bridgehead atoms. The molecule has 4 N–H and O–H groups in total. The molecule has 0 unspecified atom stereocenters. The molecule has 2 rings (SSSR count). The SMILES string of the molecule is NC(=O)c1cc(Cl)ccc1NCC1CCC(C(=O)O)CC1. The predicted molar refractivity (Wildman–Crippen MR) is 81.5 cm³/mol. The second-order valence-electron chi connectivity index (χ2n) is 5.49. The lowest BCUT2D eigenvalue weighted by molar-refractivity contribution is -0.143. The Morgan fingerprint density at radius 3 is 2.52 bits per heavy atom. The van der Waals surface area contributed by atoms with Crippen molar-refractivity contribution in [3.63, 3.8) is 0 Å². The number of hydrogen-bond donors (Lipinski definition) is 3. The molecule has 21 heavy (non-hydrogen) atoms. The van der Waals surface area contributed by atoms with Crippen LogP contribution in [0.15, 0.2) is 18.2 Å². The van der Waals surface area contributed by atoms with Crippen molar-refractivity contribution >= 4 is 29.2 Å². The van der Waals surface area contributed by atoms with Crippen LogP contribution in [0, 0.1) is 11.8 Å². The number of carboxylic acids is 1. The summed E-state index contributed by atoms with van der Waals surface area (Å²) in [6.45, 7) is 0.703. The number of rotatable bonds is 5. The number of carbonyl (C=O) groups is 2. The van der Waals surface area contributed by atoms with Gasteiger partial charge in [0.1, 0.15) is 0 Å². The van der Waals surface area contributed by atoms with Crippen molar-refractivity contribution in [3.05, 3.63) is 28.8 Å². The van der Waals surface area contributed by atoms with Crippen molar-refractivity contribution in [3.8, 4) is 0 Å². The van der Waals surface area contributed by atoms with Gasteiger partial charge in [0, 0.05) is 17.3 Å². The van der Waals surface area contributed by atoms with E-state index in [-0.39, 0.29) is 5.92 Å². The monoisotopic (exact) mass is 310 g/mol. The van der Waals surface area contributed by atoms with Crippen LogP contribution in [0.5, 0.6) is 0 Å². The highest BCUT2D eigenvalue weighted by atomic mass is 35.5. The normalized spacial score (nSPS) is 21.8. The maximum Gasteiger partial charge on any atom is 0.306 e. The Morgan fingerprint density at radius 2 is 1.95 bits per heavy atom. The van der Waals surface area contributed by atoms with Gasteiger partial charge in [0.05, 0.1) is 11.5 Å². The largest absolute Gasteiger partial charge is 0.481 e. The van der Waals surface area contributed by atoms with Crippen molar-refractivity contribution in [2.75, 3.05) is 11.9 Å². The van der Waals surface area contributed by atoms with Crippen LogP contribution in [0.3, 0.4) is 0 Å². The summed E-state index contributed by atoms with van der Waals surface area (Å²) < 4.78 is 0. The fraction of sp³-hybridized carbons (Fsp3) is 0.467. The quantitative estimate of drug-likeness (QED) is 0.779. The minimum absolute atomic E-state index is 0.210. The van der Waals surface area contributed by atoms with Gasteiger partial charge in [-0.15, -0.1) is 0 Å². The molecule has 114 valence electrons. The van der Waals surface area contributed by atoms with Crippen LogP contribution in [-0.2, 0) is 4.79 Å². The van der Waals surface area contributed by atoms with Gasteiger partial charge in [-0.05, 0) is 49.8 Å². The standard InChI is InChI=1S/C15H19ClN2O3/c16-11-5-6-13(12(7-11)14(17)19)18-8-9-1-3-10(4-2-9)15(20)21/h5-7,9-10,18H,1-4,8H2,(H2,17,19)(H,20,21). The van der Waals surface area contributed by atoms with E-state index < -0.39 is 11.9 Å². The molecule has 0 aromatic heterocycles. The van der Waals surface area contributed by atoms with Crippen molar-refractivity contribution in [1.82, 2.24) is 0 Å². The number of amides is 1. The molecule has 6 heteroatoms. The van der Waals surface area contributed by atoms with Crippen molar-refractivity contribution in [2.45, 2.75) is 25.7 Å². The molecule has 0 radical (unpaired) electrons. The molecule has 1 aromatic rings. The highest BCUT2D eigenvalue weighted by Crippen LogP contribution is 2.29. The van der Waals surface area contributed by atoms with E-state index in [0.717, 1.165) is 12.8 Å². The summed E-state index contributed by atoms with van der Waals surface area (Å²) in [5.74, 6) is -1.01. The van der Waals surface area contributed by atoms with Crippen LogP contribution in [-0.4, -0.2) is 23.5 Å². The number of hydrogen-bond acceptors (Lipinski definition) is 3. The molecule has 0 saturated heterocycles. The molecule has 1 amide bonds. The van der Waals surface area contributed by atoms with Crippen molar-refractivity contribution in [1.29, 1.82) is 0 Å². The minimum atomic E-state index is -0.699. The van der Waals surface area contributed by atoms with Gasteiger partial charge in [-0.2, -0.15) is 0 Å². The molecule has 5 nitrogen and oxygen atoms in total. The predicted octanol–water partition coefficient (Wildman–Crippen LogP) is 2.74. The molecule has 1 aliphatic carbocycles. The van der Waals surface area contributed by atoms with Crippen molar-refractivity contribution in [2.24, 2.45) is 17.6 Å². The number of halogens is 1. The first kappa shape index (κ1) is 15.6. The Kier molecular flexibility index (Phi) is 5.07. The highest BCUT2D eigenvalue weighted by Gasteiger charge is 2.25. The van der Waals surface area contributed by atoms with Gasteiger partial charge >= 0.3 is 5.97 Å². The van der Waals surface area contributed by atoms with Crippen LogP contribution in [0.4, 0.5) is 5.69 Å². The first-order chi connectivity index (χ1) is 9.97. The number of nitrogens with two attached hydrogens (primary N) is 1. The Balaban J connectivity index is 1.92. The summed E-state index contributed by atoms with van der Waals surface area (Å²) in [6, 6.07) is 5.00. The molecule has 0 aliphatic heterocycles. The van der Waals surface area contributed by atoms with E-state index in [1.54, 1.807) is 18.2 Å². The number of nitrogens with one attached hydrogen (secondary N) is 1. The summed E-state index contributed by atoms with van der Waals surface area (Å²) in [4.78, 5) is 22.3. The van der Waals surface area contributed by atoms with E-state index in [9.17, 15) is 9.59 Å². The number of primary amides is 1. The third kappa shape index (κ3) is 4.11. The Bertz CT molecular complexity index is 540. The summed E-state index contributed by atoms with van der Waals surface area (Å²) in [5.41, 5.74) is 6.39.